The fraction of sp³-hybridized carbons (Fsp3) is 0.250. The molecule has 0 saturated heterocycles. The Kier molecular flexibility index (Phi) is 3.05. The molecule has 12 heavy (non-hydrogen) atoms. The molecule has 0 amide bonds. The van der Waals surface area contributed by atoms with Crippen LogP contribution in [0.3, 0.4) is 0 Å². The zero-order valence-electron chi connectivity index (χ0n) is 6.58. The van der Waals surface area contributed by atoms with Crippen LogP contribution in [0.25, 0.3) is 0 Å². The Morgan fingerprint density at radius 3 is 3.08 bits per heavy atom. The molecular weight excluding hydrogens is 178 g/mol. The van der Waals surface area contributed by atoms with Crippen molar-refractivity contribution in [3.05, 3.63) is 23.0 Å². The van der Waals surface area contributed by atoms with Gasteiger partial charge in [0, 0.05) is 11.8 Å². The minimum absolute atomic E-state index is 0.280. The maximum atomic E-state index is 10.3. The normalized spacial score (nSPS) is 9.50. The molecule has 4 heteroatoms. The summed E-state index contributed by atoms with van der Waals surface area (Å²) in [7, 11) is 0. The monoisotopic (exact) mass is 185 g/mol. The number of rotatable bonds is 3. The molecule has 1 aromatic rings. The van der Waals surface area contributed by atoms with Gasteiger partial charge in [-0.3, -0.25) is 4.79 Å². The van der Waals surface area contributed by atoms with Crippen LogP contribution in [0.15, 0.2) is 12.3 Å². The van der Waals surface area contributed by atoms with Crippen LogP contribution >= 0.6 is 11.6 Å². The summed E-state index contributed by atoms with van der Waals surface area (Å²) >= 11 is 5.68. The van der Waals surface area contributed by atoms with Crippen LogP contribution in [0, 0.1) is 0 Å². The fourth-order valence-electron chi connectivity index (χ4n) is 0.764. The van der Waals surface area contributed by atoms with Gasteiger partial charge in [0.2, 0.25) is 0 Å². The minimum atomic E-state index is 0.280. The average molecular weight is 186 g/mol. The number of aromatic nitrogens is 1. The summed E-state index contributed by atoms with van der Waals surface area (Å²) in [5.74, 6) is 0.448. The molecule has 0 N–H and O–H groups in total. The molecule has 0 unspecified atom stereocenters. The van der Waals surface area contributed by atoms with Crippen molar-refractivity contribution < 1.29 is 9.53 Å². The Labute approximate surface area is 75.3 Å². The smallest absolute Gasteiger partial charge is 0.171 e. The maximum Gasteiger partial charge on any atom is 0.171 e. The van der Waals surface area contributed by atoms with Crippen molar-refractivity contribution in [1.82, 2.24) is 4.98 Å². The van der Waals surface area contributed by atoms with E-state index in [2.05, 4.69) is 4.98 Å². The molecule has 0 aliphatic carbocycles. The fourth-order valence-corrected chi connectivity index (χ4v) is 0.922. The van der Waals surface area contributed by atoms with Gasteiger partial charge in [-0.2, -0.15) is 0 Å². The highest BCUT2D eigenvalue weighted by Crippen LogP contribution is 2.21. The van der Waals surface area contributed by atoms with Gasteiger partial charge in [-0.1, -0.05) is 11.6 Å². The molecule has 1 rings (SSSR count). The highest BCUT2D eigenvalue weighted by molar-refractivity contribution is 6.30. The second-order valence-corrected chi connectivity index (χ2v) is 2.47. The molecule has 64 valence electrons. The van der Waals surface area contributed by atoms with Gasteiger partial charge >= 0.3 is 0 Å². The van der Waals surface area contributed by atoms with E-state index in [9.17, 15) is 4.79 Å². The minimum Gasteiger partial charge on any atom is -0.491 e. The van der Waals surface area contributed by atoms with E-state index in [1.165, 1.54) is 6.20 Å². The SMILES string of the molecule is CCOc1cc(C=O)cnc1Cl. The second kappa shape index (κ2) is 4.07. The molecule has 0 atom stereocenters. The number of nitrogens with zero attached hydrogens (tertiary/aromatic N) is 1. The summed E-state index contributed by atoms with van der Waals surface area (Å²) in [6.45, 7) is 2.34. The van der Waals surface area contributed by atoms with E-state index in [1.54, 1.807) is 6.07 Å². The van der Waals surface area contributed by atoms with Gasteiger partial charge in [0.05, 0.1) is 6.61 Å². The van der Waals surface area contributed by atoms with Crippen LogP contribution in [0.4, 0.5) is 0 Å². The zero-order chi connectivity index (χ0) is 8.97. The van der Waals surface area contributed by atoms with E-state index in [1.807, 2.05) is 6.92 Å². The van der Waals surface area contributed by atoms with Crippen LogP contribution in [0.1, 0.15) is 17.3 Å². The topological polar surface area (TPSA) is 39.2 Å². The van der Waals surface area contributed by atoms with Crippen LogP contribution in [-0.2, 0) is 0 Å². The number of ether oxygens (including phenoxy) is 1. The Morgan fingerprint density at radius 2 is 2.50 bits per heavy atom. The Morgan fingerprint density at radius 1 is 1.75 bits per heavy atom. The van der Waals surface area contributed by atoms with Gasteiger partial charge in [-0.05, 0) is 13.0 Å². The first kappa shape index (κ1) is 9.00. The van der Waals surface area contributed by atoms with Gasteiger partial charge in [-0.25, -0.2) is 4.98 Å². The average Bonchev–Trinajstić information content (AvgIpc) is 2.09. The predicted octanol–water partition coefficient (Wildman–Crippen LogP) is 1.95. The number of hydrogen-bond donors (Lipinski definition) is 0. The predicted molar refractivity (Wildman–Crippen MR) is 45.8 cm³/mol. The molecule has 3 nitrogen and oxygen atoms in total. The number of carbonyl (C=O) groups is 1. The Hall–Kier alpha value is -1.09. The molecular formula is C8H8ClNO2. The van der Waals surface area contributed by atoms with Gasteiger partial charge < -0.3 is 4.74 Å². The molecule has 1 heterocycles. The summed E-state index contributed by atoms with van der Waals surface area (Å²) in [5, 5.41) is 0.280. The number of hydrogen-bond acceptors (Lipinski definition) is 3. The van der Waals surface area contributed by atoms with E-state index in [0.717, 1.165) is 0 Å². The van der Waals surface area contributed by atoms with Gasteiger partial charge in [0.25, 0.3) is 0 Å². The highest BCUT2D eigenvalue weighted by atomic mass is 35.5. The summed E-state index contributed by atoms with van der Waals surface area (Å²) < 4.78 is 5.13. The first-order chi connectivity index (χ1) is 5.77. The Bertz CT molecular complexity index is 288. The molecule has 0 saturated carbocycles. The van der Waals surface area contributed by atoms with Crippen molar-refractivity contribution in [2.45, 2.75) is 6.92 Å². The lowest BCUT2D eigenvalue weighted by molar-refractivity contribution is 0.112. The summed E-state index contributed by atoms with van der Waals surface area (Å²) in [6, 6.07) is 1.56. The lowest BCUT2D eigenvalue weighted by Crippen LogP contribution is -1.95. The maximum absolute atomic E-state index is 10.3. The van der Waals surface area contributed by atoms with Crippen molar-refractivity contribution in [3.8, 4) is 5.75 Å². The summed E-state index contributed by atoms with van der Waals surface area (Å²) in [5.41, 5.74) is 0.461. The van der Waals surface area contributed by atoms with E-state index in [-0.39, 0.29) is 5.15 Å². The lowest BCUT2D eigenvalue weighted by Gasteiger charge is -2.03. The third-order valence-corrected chi connectivity index (χ3v) is 1.55. The number of pyridine rings is 1. The zero-order valence-corrected chi connectivity index (χ0v) is 7.34. The van der Waals surface area contributed by atoms with Crippen LogP contribution in [-0.4, -0.2) is 17.9 Å². The first-order valence-electron chi connectivity index (χ1n) is 3.51. The highest BCUT2D eigenvalue weighted by Gasteiger charge is 2.02. The largest absolute Gasteiger partial charge is 0.491 e. The van der Waals surface area contributed by atoms with Crippen molar-refractivity contribution >= 4 is 17.9 Å². The van der Waals surface area contributed by atoms with E-state index >= 15 is 0 Å². The van der Waals surface area contributed by atoms with Crippen molar-refractivity contribution in [1.29, 1.82) is 0 Å². The number of carbonyl (C=O) groups excluding carboxylic acids is 1. The molecule has 1 aromatic heterocycles. The van der Waals surface area contributed by atoms with Crippen LogP contribution in [0.2, 0.25) is 5.15 Å². The standard InChI is InChI=1S/C8H8ClNO2/c1-2-12-7-3-6(5-11)4-10-8(7)9/h3-5H,2H2,1H3. The third kappa shape index (κ3) is 1.95. The number of halogens is 1. The molecule has 0 spiro atoms. The molecule has 0 bridgehead atoms. The molecule has 0 fully saturated rings. The lowest BCUT2D eigenvalue weighted by atomic mass is 10.3. The van der Waals surface area contributed by atoms with Gasteiger partial charge in [-0.15, -0.1) is 0 Å². The summed E-state index contributed by atoms with van der Waals surface area (Å²) in [4.78, 5) is 14.1. The molecule has 0 aliphatic rings. The van der Waals surface area contributed by atoms with Crippen molar-refractivity contribution in [2.75, 3.05) is 6.61 Å². The first-order valence-corrected chi connectivity index (χ1v) is 3.89. The molecule has 0 radical (unpaired) electrons. The van der Waals surface area contributed by atoms with Crippen molar-refractivity contribution in [3.63, 3.8) is 0 Å². The third-order valence-electron chi connectivity index (χ3n) is 1.26. The van der Waals surface area contributed by atoms with Crippen molar-refractivity contribution in [2.24, 2.45) is 0 Å². The van der Waals surface area contributed by atoms with Crippen LogP contribution < -0.4 is 4.74 Å². The van der Waals surface area contributed by atoms with E-state index < -0.39 is 0 Å². The molecule has 0 aliphatic heterocycles. The van der Waals surface area contributed by atoms with E-state index in [4.69, 9.17) is 16.3 Å². The quantitative estimate of drug-likeness (QED) is 0.534. The summed E-state index contributed by atoms with van der Waals surface area (Å²) in [6.07, 6.45) is 2.10. The van der Waals surface area contributed by atoms with E-state index in [0.29, 0.717) is 24.2 Å². The second-order valence-electron chi connectivity index (χ2n) is 2.11. The number of aldehydes is 1. The van der Waals surface area contributed by atoms with Crippen LogP contribution in [0.5, 0.6) is 5.75 Å². The molecule has 0 aromatic carbocycles. The van der Waals surface area contributed by atoms with Gasteiger partial charge in [0.15, 0.2) is 17.2 Å². The Balaban J connectivity index is 2.99. The van der Waals surface area contributed by atoms with Gasteiger partial charge in [0.1, 0.15) is 0 Å².